The van der Waals surface area contributed by atoms with E-state index in [1.54, 1.807) is 26.2 Å². The number of halogens is 4. The van der Waals surface area contributed by atoms with E-state index in [9.17, 15) is 27.9 Å². The molecule has 1 aliphatic heterocycles. The molecule has 214 valence electrons. The van der Waals surface area contributed by atoms with Gasteiger partial charge in [-0.3, -0.25) is 9.59 Å². The van der Waals surface area contributed by atoms with Crippen molar-refractivity contribution in [3.05, 3.63) is 52.7 Å². The van der Waals surface area contributed by atoms with Gasteiger partial charge in [-0.05, 0) is 55.9 Å². The molecule has 1 atom stereocenters. The summed E-state index contributed by atoms with van der Waals surface area (Å²) in [6, 6.07) is 8.25. The number of piperidine rings is 1. The van der Waals surface area contributed by atoms with Crippen molar-refractivity contribution in [1.29, 1.82) is 0 Å². The van der Waals surface area contributed by atoms with E-state index in [0.717, 1.165) is 36.3 Å². The number of anilines is 1. The summed E-state index contributed by atoms with van der Waals surface area (Å²) >= 11 is 6.24. The summed E-state index contributed by atoms with van der Waals surface area (Å²) in [4.78, 5) is 33.9. The van der Waals surface area contributed by atoms with Crippen LogP contribution < -0.4 is 9.64 Å². The monoisotopic (exact) mass is 570 g/mol. The van der Waals surface area contributed by atoms with Gasteiger partial charge in [0.1, 0.15) is 16.7 Å². The smallest absolute Gasteiger partial charge is 0.430 e. The number of hydrogen-bond acceptors (Lipinski definition) is 6. The Morgan fingerprint density at radius 2 is 1.82 bits per heavy atom. The summed E-state index contributed by atoms with van der Waals surface area (Å²) < 4.78 is 46.9. The van der Waals surface area contributed by atoms with Crippen LogP contribution in [0.1, 0.15) is 41.6 Å². The lowest BCUT2D eigenvalue weighted by Gasteiger charge is -2.34. The van der Waals surface area contributed by atoms with E-state index in [-0.39, 0.29) is 23.4 Å². The fourth-order valence-corrected chi connectivity index (χ4v) is 4.93. The van der Waals surface area contributed by atoms with Crippen LogP contribution in [0, 0.1) is 5.92 Å². The molecule has 1 N–H and O–H groups in total. The van der Waals surface area contributed by atoms with Crippen LogP contribution in [0.5, 0.6) is 5.75 Å². The Morgan fingerprint density at radius 3 is 2.38 bits per heavy atom. The molecule has 2 amide bonds. The number of likely N-dealkylation sites (N-methyl/N-ethyl adjacent to an activating group) is 1. The lowest BCUT2D eigenvalue weighted by Crippen LogP contribution is -2.55. The fourth-order valence-electron chi connectivity index (χ4n) is 4.70. The number of methoxy groups -OCH3 is 1. The number of hydrogen-bond donors (Lipinski definition) is 1. The molecule has 12 heteroatoms. The second kappa shape index (κ2) is 12.4. The third-order valence-electron chi connectivity index (χ3n) is 7.07. The molecule has 1 aliphatic rings. The Labute approximate surface area is 231 Å². The number of benzene rings is 1. The normalized spacial score (nSPS) is 16.0. The number of nitrogens with zero attached hydrogens (tertiary/aromatic N) is 4. The van der Waals surface area contributed by atoms with Crippen molar-refractivity contribution < 1.29 is 32.6 Å². The average molecular weight is 571 g/mol. The summed E-state index contributed by atoms with van der Waals surface area (Å²) in [5, 5.41) is 10.8. The van der Waals surface area contributed by atoms with Crippen molar-refractivity contribution >= 4 is 29.2 Å². The molecular weight excluding hydrogens is 537 g/mol. The Balaban J connectivity index is 1.55. The molecule has 1 unspecified atom stereocenters. The molecule has 1 fully saturated rings. The van der Waals surface area contributed by atoms with Gasteiger partial charge in [0.05, 0.1) is 12.7 Å². The van der Waals surface area contributed by atoms with Gasteiger partial charge in [0.15, 0.2) is 0 Å². The zero-order chi connectivity index (χ0) is 29.0. The largest absolute Gasteiger partial charge is 0.497 e. The van der Waals surface area contributed by atoms with Crippen LogP contribution in [0.15, 0.2) is 36.4 Å². The van der Waals surface area contributed by atoms with Crippen molar-refractivity contribution in [2.45, 2.75) is 37.5 Å². The average Bonchev–Trinajstić information content (AvgIpc) is 2.91. The minimum atomic E-state index is -5.22. The molecule has 0 radical (unpaired) electrons. The number of amides is 2. The van der Waals surface area contributed by atoms with Crippen LogP contribution in [0.3, 0.4) is 0 Å². The van der Waals surface area contributed by atoms with E-state index in [1.165, 1.54) is 31.2 Å². The first-order valence-electron chi connectivity index (χ1n) is 12.6. The highest BCUT2D eigenvalue weighted by Crippen LogP contribution is 2.41. The van der Waals surface area contributed by atoms with Crippen LogP contribution in [-0.2, 0) is 10.4 Å². The standard InChI is InChI=1S/C27H34ClF3N4O4/c1-33(2)24(36)21-10-11-22(32-23(21)28)35-15-12-18(13-16-35)7-6-14-34(3)25(37)26(38,27(29,30)31)19-8-5-9-20(17-19)39-4/h5,8-11,17-18,38H,6-7,12-16H2,1-4H3. The number of carbonyl (C=O) groups excluding carboxylic acids is 2. The number of alkyl halides is 3. The van der Waals surface area contributed by atoms with Gasteiger partial charge in [-0.1, -0.05) is 23.7 Å². The molecule has 2 aromatic rings. The van der Waals surface area contributed by atoms with Crippen LogP contribution in [0.25, 0.3) is 0 Å². The molecule has 8 nitrogen and oxygen atoms in total. The third-order valence-corrected chi connectivity index (χ3v) is 7.36. The van der Waals surface area contributed by atoms with Crippen molar-refractivity contribution in [2.24, 2.45) is 5.92 Å². The van der Waals surface area contributed by atoms with Gasteiger partial charge in [0.2, 0.25) is 0 Å². The number of pyridine rings is 1. The van der Waals surface area contributed by atoms with E-state index >= 15 is 0 Å². The molecule has 2 heterocycles. The van der Waals surface area contributed by atoms with Crippen LogP contribution in [-0.4, -0.2) is 85.8 Å². The van der Waals surface area contributed by atoms with E-state index in [1.807, 2.05) is 0 Å². The molecule has 0 aliphatic carbocycles. The topological polar surface area (TPSA) is 86.2 Å². The first-order valence-corrected chi connectivity index (χ1v) is 13.0. The number of aromatic nitrogens is 1. The lowest BCUT2D eigenvalue weighted by molar-refractivity contribution is -0.261. The highest BCUT2D eigenvalue weighted by Gasteiger charge is 2.61. The number of carbonyl (C=O) groups is 2. The molecular formula is C27H34ClF3N4O4. The van der Waals surface area contributed by atoms with Crippen LogP contribution >= 0.6 is 11.6 Å². The molecule has 1 aromatic carbocycles. The molecule has 0 bridgehead atoms. The summed E-state index contributed by atoms with van der Waals surface area (Å²) in [7, 11) is 5.84. The molecule has 3 rings (SSSR count). The van der Waals surface area contributed by atoms with Gasteiger partial charge in [-0.25, -0.2) is 4.98 Å². The van der Waals surface area contributed by atoms with Crippen molar-refractivity contribution in [1.82, 2.24) is 14.8 Å². The minimum absolute atomic E-state index is 0.0694. The highest BCUT2D eigenvalue weighted by atomic mass is 35.5. The zero-order valence-corrected chi connectivity index (χ0v) is 23.2. The molecule has 0 spiro atoms. The van der Waals surface area contributed by atoms with Gasteiger partial charge in [0, 0.05) is 46.3 Å². The van der Waals surface area contributed by atoms with Gasteiger partial charge in [-0.2, -0.15) is 13.2 Å². The molecule has 1 aromatic heterocycles. The maximum absolute atomic E-state index is 14.0. The second-order valence-corrected chi connectivity index (χ2v) is 10.3. The number of rotatable bonds is 9. The summed E-state index contributed by atoms with van der Waals surface area (Å²) in [6.45, 7) is 1.50. The van der Waals surface area contributed by atoms with Crippen molar-refractivity contribution in [3.8, 4) is 5.75 Å². The summed E-state index contributed by atoms with van der Waals surface area (Å²) in [5.41, 5.74) is -3.93. The summed E-state index contributed by atoms with van der Waals surface area (Å²) in [6.07, 6.45) is -2.33. The van der Waals surface area contributed by atoms with E-state index in [2.05, 4.69) is 9.88 Å². The molecule has 39 heavy (non-hydrogen) atoms. The highest BCUT2D eigenvalue weighted by molar-refractivity contribution is 6.32. The molecule has 0 saturated carbocycles. The third kappa shape index (κ3) is 6.75. The first kappa shape index (κ1) is 30.5. The van der Waals surface area contributed by atoms with Gasteiger partial charge in [-0.15, -0.1) is 0 Å². The number of ether oxygens (including phenoxy) is 1. The molecule has 1 saturated heterocycles. The van der Waals surface area contributed by atoms with E-state index < -0.39 is 23.2 Å². The van der Waals surface area contributed by atoms with E-state index in [4.69, 9.17) is 16.3 Å². The predicted octanol–water partition coefficient (Wildman–Crippen LogP) is 4.35. The first-order chi connectivity index (χ1) is 18.3. The van der Waals surface area contributed by atoms with Gasteiger partial charge >= 0.3 is 6.18 Å². The van der Waals surface area contributed by atoms with Crippen LogP contribution in [0.4, 0.5) is 19.0 Å². The van der Waals surface area contributed by atoms with Gasteiger partial charge < -0.3 is 24.5 Å². The Kier molecular flexibility index (Phi) is 9.71. The second-order valence-electron chi connectivity index (χ2n) is 9.95. The van der Waals surface area contributed by atoms with Crippen molar-refractivity contribution in [3.63, 3.8) is 0 Å². The SMILES string of the molecule is COc1cccc(C(O)(C(=O)N(C)CCCC2CCN(c3ccc(C(=O)N(C)C)c(Cl)n3)CC2)C(F)(F)F)c1. The Bertz CT molecular complexity index is 1170. The van der Waals surface area contributed by atoms with Gasteiger partial charge in [0.25, 0.3) is 17.4 Å². The maximum atomic E-state index is 14.0. The van der Waals surface area contributed by atoms with Crippen molar-refractivity contribution in [2.75, 3.05) is 52.8 Å². The lowest BCUT2D eigenvalue weighted by atomic mass is 9.90. The summed E-state index contributed by atoms with van der Waals surface area (Å²) in [5.74, 6) is -0.541. The van der Waals surface area contributed by atoms with Crippen LogP contribution in [0.2, 0.25) is 5.15 Å². The Morgan fingerprint density at radius 1 is 1.15 bits per heavy atom. The number of aliphatic hydroxyl groups is 1. The maximum Gasteiger partial charge on any atom is 0.430 e. The predicted molar refractivity (Wildman–Crippen MR) is 142 cm³/mol. The fraction of sp³-hybridized carbons (Fsp3) is 0.519. The quantitative estimate of drug-likeness (QED) is 0.451. The minimum Gasteiger partial charge on any atom is -0.497 e. The Hall–Kier alpha value is -3.05. The van der Waals surface area contributed by atoms with E-state index in [0.29, 0.717) is 36.8 Å². The zero-order valence-electron chi connectivity index (χ0n) is 22.5.